The maximum absolute atomic E-state index is 9.67. The third-order valence-corrected chi connectivity index (χ3v) is 5.02. The molecule has 6 nitrogen and oxygen atoms in total. The van der Waals surface area contributed by atoms with Crippen LogP contribution in [0.25, 0.3) is 0 Å². The Bertz CT molecular complexity index is 776. The molecule has 132 valence electrons. The molecule has 0 radical (unpaired) electrons. The van der Waals surface area contributed by atoms with Crippen LogP contribution in [-0.4, -0.2) is 36.4 Å². The molecular weight excluding hydrogens is 328 g/mol. The predicted molar refractivity (Wildman–Crippen MR) is 94.3 cm³/mol. The lowest BCUT2D eigenvalue weighted by Gasteiger charge is -2.34. The summed E-state index contributed by atoms with van der Waals surface area (Å²) in [5.41, 5.74) is 1.63. The van der Waals surface area contributed by atoms with Crippen LogP contribution in [0.15, 0.2) is 48.5 Å². The number of aromatic hydroxyl groups is 2. The number of rotatable bonds is 4. The highest BCUT2D eigenvalue weighted by molar-refractivity contribution is 5.31. The molecule has 1 aliphatic rings. The zero-order valence-electron chi connectivity index (χ0n) is 14.4. The number of nitrogens with one attached hydrogen (secondary N) is 2. The topological polar surface area (TPSA) is 96.9 Å². The van der Waals surface area contributed by atoms with Gasteiger partial charge < -0.3 is 20.0 Å². The van der Waals surface area contributed by atoms with Gasteiger partial charge in [-0.25, -0.2) is 0 Å². The largest absolute Gasteiger partial charge is 0.508 e. The molecule has 0 amide bonds. The van der Waals surface area contributed by atoms with E-state index in [1.165, 1.54) is 0 Å². The number of benzene rings is 2. The molecule has 1 fully saturated rings. The number of nitrogens with zero attached hydrogens (tertiary/aromatic N) is 2. The maximum atomic E-state index is 9.67. The van der Waals surface area contributed by atoms with E-state index >= 15 is 0 Å². The molecule has 6 heteroatoms. The van der Waals surface area contributed by atoms with Gasteiger partial charge in [-0.05, 0) is 24.3 Å². The summed E-state index contributed by atoms with van der Waals surface area (Å²) >= 11 is 0. The number of hydrogen-bond donors (Lipinski definition) is 4. The van der Waals surface area contributed by atoms with Crippen molar-refractivity contribution in [2.45, 2.75) is 12.1 Å². The van der Waals surface area contributed by atoms with Gasteiger partial charge in [-0.15, -0.1) is 0 Å². The van der Waals surface area contributed by atoms with E-state index in [0.29, 0.717) is 0 Å². The van der Waals surface area contributed by atoms with Crippen LogP contribution >= 0.6 is 0 Å². The fourth-order valence-electron chi connectivity index (χ4n) is 3.68. The maximum Gasteiger partial charge on any atom is 0.201 e. The van der Waals surface area contributed by atoms with Gasteiger partial charge in [-0.1, -0.05) is 24.3 Å². The highest BCUT2D eigenvalue weighted by Crippen LogP contribution is 2.17. The summed E-state index contributed by atoms with van der Waals surface area (Å²) in [6.45, 7) is 3.06. The SMILES string of the molecule is N#C[C@H](c1cccc(O)c1)[NH+]1CC[NH+]([C@@H](C#N)c2cccc(O)c2)CC1. The van der Waals surface area contributed by atoms with E-state index < -0.39 is 0 Å². The van der Waals surface area contributed by atoms with Crippen molar-refractivity contribution in [2.75, 3.05) is 26.2 Å². The number of hydrogen-bond acceptors (Lipinski definition) is 4. The lowest BCUT2D eigenvalue weighted by atomic mass is 10.0. The molecule has 0 unspecified atom stereocenters. The first-order chi connectivity index (χ1) is 12.6. The summed E-state index contributed by atoms with van der Waals surface area (Å²) < 4.78 is 0. The second kappa shape index (κ2) is 7.88. The Morgan fingerprint density at radius 2 is 1.12 bits per heavy atom. The first kappa shape index (κ1) is 17.8. The fourth-order valence-corrected chi connectivity index (χ4v) is 3.68. The van der Waals surface area contributed by atoms with Gasteiger partial charge in [-0.2, -0.15) is 10.5 Å². The first-order valence-electron chi connectivity index (χ1n) is 8.68. The van der Waals surface area contributed by atoms with Crippen LogP contribution in [0.4, 0.5) is 0 Å². The van der Waals surface area contributed by atoms with E-state index in [2.05, 4.69) is 12.1 Å². The summed E-state index contributed by atoms with van der Waals surface area (Å²) in [4.78, 5) is 2.30. The van der Waals surface area contributed by atoms with Crippen molar-refractivity contribution in [3.8, 4) is 23.6 Å². The molecule has 4 N–H and O–H groups in total. The molecular formula is C20H22N4O2+2. The molecule has 2 aromatic rings. The highest BCUT2D eigenvalue weighted by Gasteiger charge is 2.34. The Hall–Kier alpha value is -3.06. The van der Waals surface area contributed by atoms with Crippen molar-refractivity contribution < 1.29 is 20.0 Å². The summed E-state index contributed by atoms with van der Waals surface area (Å²) in [6.07, 6.45) is 0. The molecule has 0 aliphatic carbocycles. The van der Waals surface area contributed by atoms with Crippen molar-refractivity contribution >= 4 is 0 Å². The van der Waals surface area contributed by atoms with Gasteiger partial charge >= 0.3 is 0 Å². The molecule has 0 aromatic heterocycles. The number of nitriles is 2. The normalized spacial score (nSPS) is 21.9. The van der Waals surface area contributed by atoms with Crippen molar-refractivity contribution in [1.29, 1.82) is 10.5 Å². The van der Waals surface area contributed by atoms with Crippen LogP contribution in [0, 0.1) is 22.7 Å². The van der Waals surface area contributed by atoms with Gasteiger partial charge in [0.2, 0.25) is 12.1 Å². The third kappa shape index (κ3) is 3.78. The van der Waals surface area contributed by atoms with E-state index in [-0.39, 0.29) is 23.6 Å². The Morgan fingerprint density at radius 1 is 0.731 bits per heavy atom. The van der Waals surface area contributed by atoms with Gasteiger partial charge in [0.25, 0.3) is 0 Å². The predicted octanol–water partition coefficient (Wildman–Crippen LogP) is -0.289. The smallest absolute Gasteiger partial charge is 0.201 e. The second-order valence-corrected chi connectivity index (χ2v) is 6.63. The average Bonchev–Trinajstić information content (AvgIpc) is 2.64. The highest BCUT2D eigenvalue weighted by atomic mass is 16.3. The molecule has 1 aliphatic heterocycles. The lowest BCUT2D eigenvalue weighted by Crippen LogP contribution is -3.28. The van der Waals surface area contributed by atoms with E-state index in [1.807, 2.05) is 12.1 Å². The van der Waals surface area contributed by atoms with Crippen LogP contribution in [0.5, 0.6) is 11.5 Å². The molecule has 0 bridgehead atoms. The van der Waals surface area contributed by atoms with Crippen LogP contribution < -0.4 is 9.80 Å². The molecule has 0 saturated carbocycles. The Labute approximate surface area is 152 Å². The zero-order chi connectivity index (χ0) is 18.5. The van der Waals surface area contributed by atoms with Crippen molar-refractivity contribution in [3.63, 3.8) is 0 Å². The zero-order valence-corrected chi connectivity index (χ0v) is 14.4. The summed E-state index contributed by atoms with van der Waals surface area (Å²) in [5, 5.41) is 38.6. The molecule has 26 heavy (non-hydrogen) atoms. The summed E-state index contributed by atoms with van der Waals surface area (Å²) in [7, 11) is 0. The summed E-state index contributed by atoms with van der Waals surface area (Å²) in [5.74, 6) is 0.333. The minimum Gasteiger partial charge on any atom is -0.508 e. The summed E-state index contributed by atoms with van der Waals surface area (Å²) in [6, 6.07) is 17.8. The van der Waals surface area contributed by atoms with Crippen LogP contribution in [0.1, 0.15) is 23.2 Å². The number of piperazine rings is 1. The second-order valence-electron chi connectivity index (χ2n) is 6.63. The van der Waals surface area contributed by atoms with Crippen molar-refractivity contribution in [2.24, 2.45) is 0 Å². The van der Waals surface area contributed by atoms with Gasteiger partial charge in [0, 0.05) is 11.1 Å². The Balaban J connectivity index is 1.70. The number of quaternary nitrogens is 2. The van der Waals surface area contributed by atoms with E-state index in [0.717, 1.165) is 47.1 Å². The van der Waals surface area contributed by atoms with E-state index in [1.54, 1.807) is 36.4 Å². The monoisotopic (exact) mass is 350 g/mol. The molecule has 1 saturated heterocycles. The standard InChI is InChI=1S/C20H20N4O2/c21-13-19(15-3-1-5-17(25)11-15)23-7-9-24(10-8-23)20(14-22)16-4-2-6-18(26)12-16/h1-6,11-12,19-20,25-26H,7-10H2/p+2/t19-,20+. The van der Waals surface area contributed by atoms with Gasteiger partial charge in [0.15, 0.2) is 0 Å². The van der Waals surface area contributed by atoms with Gasteiger partial charge in [0.05, 0.1) is 0 Å². The first-order valence-corrected chi connectivity index (χ1v) is 8.68. The quantitative estimate of drug-likeness (QED) is 0.609. The van der Waals surface area contributed by atoms with E-state index in [9.17, 15) is 20.7 Å². The molecule has 2 aromatic carbocycles. The molecule has 1 heterocycles. The minimum atomic E-state index is -0.329. The average molecular weight is 350 g/mol. The molecule has 2 atom stereocenters. The Kier molecular flexibility index (Phi) is 5.38. The minimum absolute atomic E-state index is 0.167. The van der Waals surface area contributed by atoms with Crippen molar-refractivity contribution in [3.05, 3.63) is 59.7 Å². The van der Waals surface area contributed by atoms with Crippen molar-refractivity contribution in [1.82, 2.24) is 0 Å². The molecule has 0 spiro atoms. The van der Waals surface area contributed by atoms with Crippen LogP contribution in [0.2, 0.25) is 0 Å². The number of phenols is 2. The van der Waals surface area contributed by atoms with Crippen LogP contribution in [-0.2, 0) is 0 Å². The number of phenolic OH excluding ortho intramolecular Hbond substituents is 2. The van der Waals surface area contributed by atoms with Crippen LogP contribution in [0.3, 0.4) is 0 Å². The third-order valence-electron chi connectivity index (χ3n) is 5.02. The Morgan fingerprint density at radius 3 is 1.42 bits per heavy atom. The fraction of sp³-hybridized carbons (Fsp3) is 0.300. The lowest BCUT2D eigenvalue weighted by molar-refractivity contribution is -1.03. The van der Waals surface area contributed by atoms with Gasteiger partial charge in [-0.3, -0.25) is 0 Å². The van der Waals surface area contributed by atoms with Gasteiger partial charge in [0.1, 0.15) is 49.8 Å². The molecule has 3 rings (SSSR count). The van der Waals surface area contributed by atoms with E-state index in [4.69, 9.17) is 0 Å².